The van der Waals surface area contributed by atoms with Crippen molar-refractivity contribution in [2.24, 2.45) is 5.73 Å². The molecule has 0 spiro atoms. The standard InChI is InChI=1S/C13H20N2O3/c1-15(2)13(16)6-7-18-11-5-4-10(9-14)8-12(11)17-3/h4-5,8H,6-7,9,14H2,1-3H3. The minimum atomic E-state index is 0.0348. The van der Waals surface area contributed by atoms with Gasteiger partial charge < -0.3 is 20.1 Å². The van der Waals surface area contributed by atoms with Crippen molar-refractivity contribution in [3.63, 3.8) is 0 Å². The van der Waals surface area contributed by atoms with E-state index >= 15 is 0 Å². The molecule has 5 heteroatoms. The van der Waals surface area contributed by atoms with E-state index in [-0.39, 0.29) is 5.91 Å². The average molecular weight is 252 g/mol. The van der Waals surface area contributed by atoms with Gasteiger partial charge in [-0.1, -0.05) is 6.07 Å². The molecular weight excluding hydrogens is 232 g/mol. The summed E-state index contributed by atoms with van der Waals surface area (Å²) < 4.78 is 10.8. The first-order valence-corrected chi connectivity index (χ1v) is 5.78. The number of carbonyl (C=O) groups excluding carboxylic acids is 1. The van der Waals surface area contributed by atoms with Crippen LogP contribution in [0.3, 0.4) is 0 Å². The van der Waals surface area contributed by atoms with E-state index in [4.69, 9.17) is 15.2 Å². The number of nitrogens with zero attached hydrogens (tertiary/aromatic N) is 1. The molecule has 1 aromatic carbocycles. The van der Waals surface area contributed by atoms with Crippen LogP contribution in [-0.2, 0) is 11.3 Å². The van der Waals surface area contributed by atoms with Gasteiger partial charge in [0.1, 0.15) is 0 Å². The van der Waals surface area contributed by atoms with Crippen molar-refractivity contribution >= 4 is 5.91 Å². The third-order valence-corrected chi connectivity index (χ3v) is 2.54. The molecule has 0 radical (unpaired) electrons. The van der Waals surface area contributed by atoms with Crippen LogP contribution in [0, 0.1) is 0 Å². The van der Waals surface area contributed by atoms with Gasteiger partial charge in [-0.2, -0.15) is 0 Å². The normalized spacial score (nSPS) is 10.0. The van der Waals surface area contributed by atoms with E-state index in [1.807, 2.05) is 12.1 Å². The summed E-state index contributed by atoms with van der Waals surface area (Å²) in [6.07, 6.45) is 0.342. The minimum absolute atomic E-state index is 0.0348. The number of amides is 1. The van der Waals surface area contributed by atoms with Crippen molar-refractivity contribution in [2.45, 2.75) is 13.0 Å². The Morgan fingerprint density at radius 1 is 1.33 bits per heavy atom. The van der Waals surface area contributed by atoms with Gasteiger partial charge in [0.05, 0.1) is 20.1 Å². The number of ether oxygens (including phenoxy) is 2. The van der Waals surface area contributed by atoms with Crippen molar-refractivity contribution in [3.05, 3.63) is 23.8 Å². The lowest BCUT2D eigenvalue weighted by Gasteiger charge is -2.13. The maximum Gasteiger partial charge on any atom is 0.225 e. The molecule has 1 amide bonds. The van der Waals surface area contributed by atoms with Crippen LogP contribution in [0.5, 0.6) is 11.5 Å². The summed E-state index contributed by atoms with van der Waals surface area (Å²) in [6, 6.07) is 5.52. The molecule has 0 saturated heterocycles. The first kappa shape index (κ1) is 14.3. The van der Waals surface area contributed by atoms with Crippen molar-refractivity contribution in [2.75, 3.05) is 27.8 Å². The van der Waals surface area contributed by atoms with Gasteiger partial charge in [-0.3, -0.25) is 4.79 Å². The topological polar surface area (TPSA) is 64.8 Å². The SMILES string of the molecule is COc1cc(CN)ccc1OCCC(=O)N(C)C. The van der Waals surface area contributed by atoms with Crippen molar-refractivity contribution in [1.82, 2.24) is 4.90 Å². The van der Waals surface area contributed by atoms with Crippen LogP contribution < -0.4 is 15.2 Å². The van der Waals surface area contributed by atoms with E-state index in [1.54, 1.807) is 27.3 Å². The van der Waals surface area contributed by atoms with E-state index in [1.165, 1.54) is 4.90 Å². The highest BCUT2D eigenvalue weighted by atomic mass is 16.5. The molecule has 0 saturated carbocycles. The summed E-state index contributed by atoms with van der Waals surface area (Å²) >= 11 is 0. The Morgan fingerprint density at radius 3 is 2.61 bits per heavy atom. The van der Waals surface area contributed by atoms with E-state index in [0.29, 0.717) is 31.1 Å². The average Bonchev–Trinajstić information content (AvgIpc) is 2.38. The Balaban J connectivity index is 2.59. The number of rotatable bonds is 6. The number of methoxy groups -OCH3 is 1. The van der Waals surface area contributed by atoms with Crippen LogP contribution in [0.4, 0.5) is 0 Å². The number of nitrogens with two attached hydrogens (primary N) is 1. The molecular formula is C13H20N2O3. The van der Waals surface area contributed by atoms with Crippen LogP contribution >= 0.6 is 0 Å². The fourth-order valence-electron chi connectivity index (χ4n) is 1.43. The maximum atomic E-state index is 11.4. The molecule has 100 valence electrons. The van der Waals surface area contributed by atoms with Crippen molar-refractivity contribution < 1.29 is 14.3 Å². The molecule has 0 aliphatic heterocycles. The zero-order chi connectivity index (χ0) is 13.5. The van der Waals surface area contributed by atoms with Gasteiger partial charge in [-0.25, -0.2) is 0 Å². The zero-order valence-electron chi connectivity index (χ0n) is 11.1. The first-order valence-electron chi connectivity index (χ1n) is 5.78. The number of hydrogen-bond acceptors (Lipinski definition) is 4. The number of hydrogen-bond donors (Lipinski definition) is 1. The zero-order valence-corrected chi connectivity index (χ0v) is 11.1. The summed E-state index contributed by atoms with van der Waals surface area (Å²) in [5, 5.41) is 0. The largest absolute Gasteiger partial charge is 0.493 e. The highest BCUT2D eigenvalue weighted by Crippen LogP contribution is 2.27. The van der Waals surface area contributed by atoms with Gasteiger partial charge in [-0.05, 0) is 17.7 Å². The molecule has 0 atom stereocenters. The smallest absolute Gasteiger partial charge is 0.225 e. The fourth-order valence-corrected chi connectivity index (χ4v) is 1.43. The third-order valence-electron chi connectivity index (χ3n) is 2.54. The minimum Gasteiger partial charge on any atom is -0.493 e. The van der Waals surface area contributed by atoms with E-state index < -0.39 is 0 Å². The fraction of sp³-hybridized carbons (Fsp3) is 0.462. The van der Waals surface area contributed by atoms with Gasteiger partial charge >= 0.3 is 0 Å². The van der Waals surface area contributed by atoms with Crippen molar-refractivity contribution in [1.29, 1.82) is 0 Å². The molecule has 2 N–H and O–H groups in total. The summed E-state index contributed by atoms with van der Waals surface area (Å²) in [5.74, 6) is 1.30. The summed E-state index contributed by atoms with van der Waals surface area (Å²) in [4.78, 5) is 12.9. The quantitative estimate of drug-likeness (QED) is 0.820. The lowest BCUT2D eigenvalue weighted by molar-refractivity contribution is -0.129. The molecule has 1 rings (SSSR count). The van der Waals surface area contributed by atoms with Crippen LogP contribution in [0.25, 0.3) is 0 Å². The Bertz CT molecular complexity index is 405. The Hall–Kier alpha value is -1.75. The molecule has 18 heavy (non-hydrogen) atoms. The van der Waals surface area contributed by atoms with Crippen LogP contribution in [0.2, 0.25) is 0 Å². The van der Waals surface area contributed by atoms with E-state index in [2.05, 4.69) is 0 Å². The highest BCUT2D eigenvalue weighted by Gasteiger charge is 2.08. The predicted octanol–water partition coefficient (Wildman–Crippen LogP) is 1.01. The van der Waals surface area contributed by atoms with Gasteiger partial charge in [0.25, 0.3) is 0 Å². The molecule has 0 aromatic heterocycles. The third kappa shape index (κ3) is 3.92. The van der Waals surface area contributed by atoms with Crippen LogP contribution in [-0.4, -0.2) is 38.6 Å². The van der Waals surface area contributed by atoms with E-state index in [9.17, 15) is 4.79 Å². The second-order valence-electron chi connectivity index (χ2n) is 4.08. The van der Waals surface area contributed by atoms with Gasteiger partial charge in [0.2, 0.25) is 5.91 Å². The first-order chi connectivity index (χ1) is 8.58. The second-order valence-corrected chi connectivity index (χ2v) is 4.08. The Labute approximate surface area is 107 Å². The van der Waals surface area contributed by atoms with E-state index in [0.717, 1.165) is 5.56 Å². The maximum absolute atomic E-state index is 11.4. The second kappa shape index (κ2) is 6.86. The molecule has 0 unspecified atom stereocenters. The number of carbonyl (C=O) groups is 1. The predicted molar refractivity (Wildman–Crippen MR) is 69.7 cm³/mol. The lowest BCUT2D eigenvalue weighted by atomic mass is 10.2. The van der Waals surface area contributed by atoms with Crippen LogP contribution in [0.1, 0.15) is 12.0 Å². The molecule has 0 heterocycles. The van der Waals surface area contributed by atoms with Crippen molar-refractivity contribution in [3.8, 4) is 11.5 Å². The molecule has 5 nitrogen and oxygen atoms in total. The highest BCUT2D eigenvalue weighted by molar-refractivity contribution is 5.75. The summed E-state index contributed by atoms with van der Waals surface area (Å²) in [6.45, 7) is 0.783. The molecule has 0 aliphatic carbocycles. The molecule has 0 aliphatic rings. The molecule has 0 bridgehead atoms. The van der Waals surface area contributed by atoms with Crippen LogP contribution in [0.15, 0.2) is 18.2 Å². The van der Waals surface area contributed by atoms with Gasteiger partial charge in [0.15, 0.2) is 11.5 Å². The Morgan fingerprint density at radius 2 is 2.06 bits per heavy atom. The summed E-state index contributed by atoms with van der Waals surface area (Å²) in [7, 11) is 5.02. The molecule has 1 aromatic rings. The lowest BCUT2D eigenvalue weighted by Crippen LogP contribution is -2.23. The van der Waals surface area contributed by atoms with Gasteiger partial charge in [-0.15, -0.1) is 0 Å². The van der Waals surface area contributed by atoms with Gasteiger partial charge in [0, 0.05) is 20.6 Å². The Kier molecular flexibility index (Phi) is 5.45. The number of benzene rings is 1. The monoisotopic (exact) mass is 252 g/mol. The summed E-state index contributed by atoms with van der Waals surface area (Å²) in [5.41, 5.74) is 6.53. The molecule has 0 fully saturated rings.